The van der Waals surface area contributed by atoms with E-state index < -0.39 is 12.0 Å². The van der Waals surface area contributed by atoms with E-state index in [9.17, 15) is 9.46 Å². The third-order valence-electron chi connectivity index (χ3n) is 0. The topological polar surface area (TPSA) is 80.3 Å². The Morgan fingerprint density at radius 3 is 1.50 bits per heavy atom. The molecule has 0 heterocycles. The number of aliphatic carboxylic acids is 1. The van der Waals surface area contributed by atoms with E-state index in [1.165, 1.54) is 0 Å². The van der Waals surface area contributed by atoms with Crippen LogP contribution in [0, 0.1) is 12.4 Å². The second kappa shape index (κ2) is 7.63. The molecule has 0 amide bonds. The Hall–Kier alpha value is 0.530. The summed E-state index contributed by atoms with van der Waals surface area (Å²) in [6, 6.07) is 0. The van der Waals surface area contributed by atoms with Gasteiger partial charge >= 0.3 is 0 Å². The van der Waals surface area contributed by atoms with E-state index in [0.717, 1.165) is 6.92 Å². The highest BCUT2D eigenvalue weighted by atomic mass is 35.9. The zero-order valence-corrected chi connectivity index (χ0v) is 8.24. The lowest BCUT2D eigenvalue weighted by Crippen LogP contribution is -2.16. The fourth-order valence-corrected chi connectivity index (χ4v) is 0. The first-order chi connectivity index (χ1) is 3.73. The van der Waals surface area contributed by atoms with Crippen molar-refractivity contribution in [2.24, 2.45) is 0 Å². The molecule has 0 aromatic carbocycles. The second-order valence-corrected chi connectivity index (χ2v) is 4.92. The number of carbonyl (C=O) groups is 1. The molecule has 0 aliphatic rings. The molecule has 0 atom stereocenters. The van der Waals surface area contributed by atoms with Gasteiger partial charge in [-0.1, -0.05) is 34.9 Å². The number of hydrogen-bond acceptors (Lipinski definition) is 4. The van der Waals surface area contributed by atoms with Crippen LogP contribution < -0.4 is 10.00 Å². The van der Waals surface area contributed by atoms with Crippen LogP contribution in [0.15, 0.2) is 0 Å². The van der Waals surface area contributed by atoms with Crippen LogP contribution in [0.25, 0.3) is 0 Å². The molecule has 0 bridgehead atoms. The van der Waals surface area contributed by atoms with E-state index in [2.05, 4.69) is 22.5 Å². The average Bonchev–Trinajstić information content (AvgIpc) is 1.19. The molecule has 0 fully saturated rings. The van der Waals surface area contributed by atoms with Crippen LogP contribution in [0.5, 0.6) is 0 Å². The first kappa shape index (κ1) is 16.9. The van der Waals surface area contributed by atoms with Crippen LogP contribution in [0.4, 0.5) is 0 Å². The van der Waals surface area contributed by atoms with Crippen molar-refractivity contribution in [3.05, 3.63) is 0 Å². The summed E-state index contributed by atoms with van der Waals surface area (Å²) >= 11 is 8.59. The van der Waals surface area contributed by atoms with Crippen LogP contribution in [-0.2, 0) is 9.36 Å². The minimum Gasteiger partial charge on any atom is -0.776 e. The minimum absolute atomic E-state index is 0. The Morgan fingerprint density at radius 1 is 1.50 bits per heavy atom. The molecular formula is C2H6Cl3O4P. The molecule has 0 aromatic heterocycles. The summed E-state index contributed by atoms with van der Waals surface area (Å²) in [5, 5.41) is 8.89. The Labute approximate surface area is 73.6 Å². The van der Waals surface area contributed by atoms with E-state index in [4.69, 9.17) is 9.90 Å². The molecule has 0 aliphatic carbocycles. The van der Waals surface area contributed by atoms with Crippen molar-refractivity contribution in [2.75, 3.05) is 0 Å². The van der Waals surface area contributed by atoms with Gasteiger partial charge in [-0.05, 0) is 6.92 Å². The molecule has 0 saturated heterocycles. The van der Waals surface area contributed by atoms with Crippen molar-refractivity contribution in [2.45, 2.75) is 6.92 Å². The molecule has 0 unspecified atom stereocenters. The fourth-order valence-electron chi connectivity index (χ4n) is 0. The summed E-state index contributed by atoms with van der Waals surface area (Å²) in [6.45, 7) is 0.972. The Kier molecular flexibility index (Phi) is 12.9. The van der Waals surface area contributed by atoms with Crippen LogP contribution in [0.2, 0.25) is 0 Å². The molecule has 0 saturated carbocycles. The monoisotopic (exact) mass is 230 g/mol. The van der Waals surface area contributed by atoms with Crippen molar-refractivity contribution >= 4 is 34.5 Å². The Morgan fingerprint density at radius 2 is 1.50 bits per heavy atom. The maximum Gasteiger partial charge on any atom is 0.186 e. The number of carboxylic acids is 1. The molecule has 10 heavy (non-hydrogen) atoms. The van der Waals surface area contributed by atoms with Gasteiger partial charge < -0.3 is 19.4 Å². The van der Waals surface area contributed by atoms with E-state index in [1.807, 2.05) is 0 Å². The first-order valence-electron chi connectivity index (χ1n) is 1.61. The van der Waals surface area contributed by atoms with Gasteiger partial charge in [0.25, 0.3) is 0 Å². The average molecular weight is 231 g/mol. The summed E-state index contributed by atoms with van der Waals surface area (Å²) < 4.78 is 9.19. The molecule has 0 rings (SSSR count). The molecule has 8 heteroatoms. The van der Waals surface area contributed by atoms with Crippen LogP contribution in [-0.4, -0.2) is 5.97 Å². The Balaban J connectivity index is -0.0000000910. The molecule has 0 N–H and O–H groups in total. The predicted molar refractivity (Wildman–Crippen MR) is 34.2 cm³/mol. The lowest BCUT2D eigenvalue weighted by molar-refractivity contribution is -0.302. The number of halogens is 3. The summed E-state index contributed by atoms with van der Waals surface area (Å²) in [5.41, 5.74) is 0. The van der Waals surface area contributed by atoms with Gasteiger partial charge in [0.1, 0.15) is 0 Å². The zero-order valence-electron chi connectivity index (χ0n) is 4.84. The number of rotatable bonds is 0. The van der Waals surface area contributed by atoms with Crippen molar-refractivity contribution in [1.29, 1.82) is 0 Å². The Bertz CT molecular complexity index is 118. The third kappa shape index (κ3) is 1720. The summed E-state index contributed by atoms with van der Waals surface area (Å²) in [6.07, 6.45) is -3.94. The van der Waals surface area contributed by atoms with Gasteiger partial charge in [-0.15, -0.1) is 0 Å². The third-order valence-corrected chi connectivity index (χ3v) is 0. The predicted octanol–water partition coefficient (Wildman–Crippen LogP) is -1.11. The largest absolute Gasteiger partial charge is 0.776 e. The second-order valence-electron chi connectivity index (χ2n) is 0.906. The van der Waals surface area contributed by atoms with Gasteiger partial charge in [-0.25, -0.2) is 0 Å². The molecular weight excluding hydrogens is 225 g/mol. The van der Waals surface area contributed by atoms with Gasteiger partial charge in [-0.3, -0.25) is 0 Å². The fraction of sp³-hybridized carbons (Fsp3) is 0.500. The summed E-state index contributed by atoms with van der Waals surface area (Å²) in [4.78, 5) is 18.1. The first-order valence-corrected chi connectivity index (χ1v) is 5.05. The minimum atomic E-state index is -3.94. The molecule has 0 aliphatic heterocycles. The van der Waals surface area contributed by atoms with Crippen LogP contribution >= 0.6 is 28.6 Å². The SMILES string of the molecule is CC(=O)[O-].O=P([O-])(Cl)Cl.[ClH3+2]. The molecule has 4 nitrogen and oxygen atoms in total. The highest BCUT2D eigenvalue weighted by Crippen LogP contribution is 2.46. The lowest BCUT2D eigenvalue weighted by atomic mass is 10.9. The smallest absolute Gasteiger partial charge is 0.186 e. The summed E-state index contributed by atoms with van der Waals surface area (Å²) in [5.74, 6) is -1.08. The van der Waals surface area contributed by atoms with Crippen LogP contribution in [0.3, 0.4) is 0 Å². The van der Waals surface area contributed by atoms with E-state index >= 15 is 0 Å². The van der Waals surface area contributed by atoms with Gasteiger partial charge in [-0.2, -0.15) is 0 Å². The molecule has 0 aromatic rings. The zero-order chi connectivity index (χ0) is 8.08. The van der Waals surface area contributed by atoms with E-state index in [1.54, 1.807) is 0 Å². The van der Waals surface area contributed by atoms with Gasteiger partial charge in [0.05, 0.1) is 0 Å². The van der Waals surface area contributed by atoms with E-state index in [0.29, 0.717) is 0 Å². The van der Waals surface area contributed by atoms with Crippen molar-refractivity contribution in [3.8, 4) is 0 Å². The van der Waals surface area contributed by atoms with Gasteiger partial charge in [0.15, 0.2) is 6.07 Å². The number of carboxylic acid groups (broad SMARTS) is 1. The number of hydrogen-bond donors (Lipinski definition) is 0. The molecule has 0 spiro atoms. The highest BCUT2D eigenvalue weighted by molar-refractivity contribution is 8.03. The van der Waals surface area contributed by atoms with Gasteiger partial charge in [0, 0.05) is 5.97 Å². The molecule has 0 radical (unpaired) electrons. The lowest BCUT2D eigenvalue weighted by Gasteiger charge is -1.98. The quantitative estimate of drug-likeness (QED) is 0.495. The maximum atomic E-state index is 9.19. The summed E-state index contributed by atoms with van der Waals surface area (Å²) in [7, 11) is 0. The van der Waals surface area contributed by atoms with Gasteiger partial charge in [0.2, 0.25) is 0 Å². The molecule has 64 valence electrons. The van der Waals surface area contributed by atoms with Crippen molar-refractivity contribution in [3.63, 3.8) is 0 Å². The van der Waals surface area contributed by atoms with Crippen molar-refractivity contribution < 1.29 is 31.8 Å². The highest BCUT2D eigenvalue weighted by Gasteiger charge is 1.85. The standard InChI is InChI=1S/C2H4O2.Cl2HO2P.ClH3/c1-2(3)4;1-5(2,3)4;/h1H3,(H,3,4);(H,3,4);1H3/q;;+2/p-2. The van der Waals surface area contributed by atoms with Crippen LogP contribution in [0.1, 0.15) is 6.92 Å². The normalized spacial score (nSPS) is 8.40. The van der Waals surface area contributed by atoms with E-state index in [-0.39, 0.29) is 12.4 Å². The number of carbonyl (C=O) groups excluding carboxylic acids is 1. The van der Waals surface area contributed by atoms with Crippen molar-refractivity contribution in [1.82, 2.24) is 0 Å². The maximum absolute atomic E-state index is 9.19.